The fourth-order valence-corrected chi connectivity index (χ4v) is 5.05. The predicted octanol–water partition coefficient (Wildman–Crippen LogP) is 4.27. The zero-order chi connectivity index (χ0) is 21.2. The van der Waals surface area contributed by atoms with Gasteiger partial charge in [-0.2, -0.15) is 17.5 Å². The average Bonchev–Trinajstić information content (AvgIpc) is 2.68. The van der Waals surface area contributed by atoms with Crippen LogP contribution >= 0.6 is 11.6 Å². The highest BCUT2D eigenvalue weighted by molar-refractivity contribution is 7.89. The number of benzene rings is 2. The van der Waals surface area contributed by atoms with Crippen LogP contribution in [0, 0.1) is 0 Å². The first-order valence-corrected chi connectivity index (χ1v) is 10.8. The molecule has 1 aliphatic heterocycles. The van der Waals surface area contributed by atoms with E-state index in [0.717, 1.165) is 23.6 Å². The Morgan fingerprint density at radius 3 is 2.21 bits per heavy atom. The van der Waals surface area contributed by atoms with E-state index >= 15 is 0 Å². The van der Waals surface area contributed by atoms with Gasteiger partial charge in [0.15, 0.2) is 0 Å². The van der Waals surface area contributed by atoms with E-state index in [1.54, 1.807) is 0 Å². The number of sulfonamides is 1. The number of piperazine rings is 1. The van der Waals surface area contributed by atoms with Gasteiger partial charge in [0, 0.05) is 31.9 Å². The van der Waals surface area contributed by atoms with Gasteiger partial charge in [-0.3, -0.25) is 0 Å². The maximum absolute atomic E-state index is 13.0. The molecule has 2 aromatic carbocycles. The third kappa shape index (κ3) is 4.79. The van der Waals surface area contributed by atoms with Crippen molar-refractivity contribution in [2.75, 3.05) is 37.7 Å². The molecule has 10 heteroatoms. The molecule has 0 aliphatic carbocycles. The minimum atomic E-state index is -4.65. The third-order valence-corrected chi connectivity index (χ3v) is 7.01. The topological polar surface area (TPSA) is 49.9 Å². The molecule has 0 atom stereocenters. The molecule has 1 fully saturated rings. The monoisotopic (exact) mass is 448 g/mol. The van der Waals surface area contributed by atoms with Crippen molar-refractivity contribution in [2.45, 2.75) is 18.0 Å². The van der Waals surface area contributed by atoms with Crippen molar-refractivity contribution in [3.63, 3.8) is 0 Å². The molecule has 158 valence electrons. The Bertz CT molecular complexity index is 958. The van der Waals surface area contributed by atoms with Crippen LogP contribution in [-0.2, 0) is 16.2 Å². The van der Waals surface area contributed by atoms with Crippen molar-refractivity contribution in [3.05, 3.63) is 53.1 Å². The number of alkyl halides is 3. The second-order valence-electron chi connectivity index (χ2n) is 6.46. The third-order valence-electron chi connectivity index (χ3n) is 4.63. The molecule has 29 heavy (non-hydrogen) atoms. The number of anilines is 1. The highest BCUT2D eigenvalue weighted by Crippen LogP contribution is 2.34. The molecule has 0 aromatic heterocycles. The molecule has 3 rings (SSSR count). The van der Waals surface area contributed by atoms with Crippen molar-refractivity contribution in [3.8, 4) is 5.75 Å². The normalized spacial score (nSPS) is 16.1. The molecule has 1 saturated heterocycles. The van der Waals surface area contributed by atoms with Crippen LogP contribution in [0.1, 0.15) is 12.5 Å². The molecular weight excluding hydrogens is 429 g/mol. The molecule has 1 aliphatic rings. The van der Waals surface area contributed by atoms with Crippen molar-refractivity contribution >= 4 is 27.3 Å². The standard InChI is InChI=1S/C19H20ClF3N2O3S/c1-2-28-16-6-4-15(5-7-16)24-9-11-25(12-10-24)29(26,27)18-13-14(19(21,22)23)3-8-17(18)20/h3-8,13H,2,9-12H2,1H3. The summed E-state index contributed by atoms with van der Waals surface area (Å²) in [6.45, 7) is 3.55. The number of hydrogen-bond acceptors (Lipinski definition) is 4. The van der Waals surface area contributed by atoms with Crippen LogP contribution in [0.5, 0.6) is 5.75 Å². The second-order valence-corrected chi connectivity index (χ2v) is 8.77. The molecular formula is C19H20ClF3N2O3S. The molecule has 0 spiro atoms. The fraction of sp³-hybridized carbons (Fsp3) is 0.368. The summed E-state index contributed by atoms with van der Waals surface area (Å²) in [7, 11) is -4.14. The van der Waals surface area contributed by atoms with Gasteiger partial charge in [-0.25, -0.2) is 8.42 Å². The summed E-state index contributed by atoms with van der Waals surface area (Å²) in [5.74, 6) is 0.747. The predicted molar refractivity (Wildman–Crippen MR) is 105 cm³/mol. The Balaban J connectivity index is 1.75. The lowest BCUT2D eigenvalue weighted by Gasteiger charge is -2.35. The number of hydrogen-bond donors (Lipinski definition) is 0. The highest BCUT2D eigenvalue weighted by atomic mass is 35.5. The van der Waals surface area contributed by atoms with E-state index in [2.05, 4.69) is 0 Å². The summed E-state index contributed by atoms with van der Waals surface area (Å²) in [6, 6.07) is 9.78. The molecule has 0 radical (unpaired) electrons. The second kappa shape index (κ2) is 8.41. The summed E-state index contributed by atoms with van der Waals surface area (Å²) >= 11 is 5.92. The van der Waals surface area contributed by atoms with Gasteiger partial charge < -0.3 is 9.64 Å². The van der Waals surface area contributed by atoms with Crippen LogP contribution in [0.4, 0.5) is 18.9 Å². The summed E-state index contributed by atoms with van der Waals surface area (Å²) in [4.78, 5) is 1.48. The molecule has 0 amide bonds. The van der Waals surface area contributed by atoms with Crippen molar-refractivity contribution < 1.29 is 26.3 Å². The van der Waals surface area contributed by atoms with Crippen LogP contribution in [0.15, 0.2) is 47.4 Å². The minimum absolute atomic E-state index is 0.141. The Hall–Kier alpha value is -1.97. The van der Waals surface area contributed by atoms with Gasteiger partial charge in [0.05, 0.1) is 17.2 Å². The number of halogens is 4. The highest BCUT2D eigenvalue weighted by Gasteiger charge is 2.35. The van der Waals surface area contributed by atoms with E-state index in [4.69, 9.17) is 16.3 Å². The van der Waals surface area contributed by atoms with Crippen LogP contribution < -0.4 is 9.64 Å². The first kappa shape index (κ1) is 21.7. The van der Waals surface area contributed by atoms with Gasteiger partial charge in [0.2, 0.25) is 10.0 Å². The van der Waals surface area contributed by atoms with E-state index in [-0.39, 0.29) is 18.1 Å². The maximum Gasteiger partial charge on any atom is 0.416 e. The van der Waals surface area contributed by atoms with Crippen LogP contribution in [0.3, 0.4) is 0 Å². The maximum atomic E-state index is 13.0. The van der Waals surface area contributed by atoms with Crippen LogP contribution in [-0.4, -0.2) is 45.5 Å². The zero-order valence-electron chi connectivity index (χ0n) is 15.6. The largest absolute Gasteiger partial charge is 0.494 e. The summed E-state index contributed by atoms with van der Waals surface area (Å²) < 4.78 is 71.3. The zero-order valence-corrected chi connectivity index (χ0v) is 17.2. The molecule has 0 N–H and O–H groups in total. The first-order valence-electron chi connectivity index (χ1n) is 8.97. The lowest BCUT2D eigenvalue weighted by molar-refractivity contribution is -0.137. The van der Waals surface area contributed by atoms with Gasteiger partial charge in [-0.15, -0.1) is 0 Å². The smallest absolute Gasteiger partial charge is 0.416 e. The summed E-state index contributed by atoms with van der Waals surface area (Å²) in [5.41, 5.74) is -0.129. The average molecular weight is 449 g/mol. The van der Waals surface area contributed by atoms with Gasteiger partial charge >= 0.3 is 6.18 Å². The lowest BCUT2D eigenvalue weighted by atomic mass is 10.2. The van der Waals surface area contributed by atoms with Gasteiger partial charge in [-0.1, -0.05) is 11.6 Å². The van der Waals surface area contributed by atoms with Gasteiger partial charge in [0.1, 0.15) is 10.6 Å². The Morgan fingerprint density at radius 2 is 1.66 bits per heavy atom. The molecule has 0 saturated carbocycles. The fourth-order valence-electron chi connectivity index (χ4n) is 3.12. The number of ether oxygens (including phenoxy) is 1. The van der Waals surface area contributed by atoms with Crippen molar-refractivity contribution in [1.29, 1.82) is 0 Å². The van der Waals surface area contributed by atoms with Crippen LogP contribution in [0.2, 0.25) is 5.02 Å². The quantitative estimate of drug-likeness (QED) is 0.685. The SMILES string of the molecule is CCOc1ccc(N2CCN(S(=O)(=O)c3cc(C(F)(F)F)ccc3Cl)CC2)cc1. The molecule has 5 nitrogen and oxygen atoms in total. The summed E-state index contributed by atoms with van der Waals surface area (Å²) in [5, 5.41) is -0.230. The van der Waals surface area contributed by atoms with E-state index in [9.17, 15) is 21.6 Å². The van der Waals surface area contributed by atoms with Gasteiger partial charge in [-0.05, 0) is 49.4 Å². The Kier molecular flexibility index (Phi) is 6.30. The molecule has 0 bridgehead atoms. The van der Waals surface area contributed by atoms with E-state index in [1.165, 1.54) is 4.31 Å². The van der Waals surface area contributed by atoms with Crippen molar-refractivity contribution in [1.82, 2.24) is 4.31 Å². The number of nitrogens with zero attached hydrogens (tertiary/aromatic N) is 2. The Morgan fingerprint density at radius 1 is 1.03 bits per heavy atom. The number of rotatable bonds is 5. The van der Waals surface area contributed by atoms with E-state index in [0.29, 0.717) is 25.8 Å². The Labute approximate surface area is 172 Å². The van der Waals surface area contributed by atoms with E-state index < -0.39 is 26.7 Å². The molecule has 0 unspecified atom stereocenters. The van der Waals surface area contributed by atoms with E-state index in [1.807, 2.05) is 36.1 Å². The molecule has 2 aromatic rings. The van der Waals surface area contributed by atoms with Gasteiger partial charge in [0.25, 0.3) is 0 Å². The lowest BCUT2D eigenvalue weighted by Crippen LogP contribution is -2.48. The first-order chi connectivity index (χ1) is 13.6. The van der Waals surface area contributed by atoms with Crippen LogP contribution in [0.25, 0.3) is 0 Å². The van der Waals surface area contributed by atoms with Crippen molar-refractivity contribution in [2.24, 2.45) is 0 Å². The molecule has 1 heterocycles. The summed E-state index contributed by atoms with van der Waals surface area (Å²) in [6.07, 6.45) is -4.65. The minimum Gasteiger partial charge on any atom is -0.494 e.